The van der Waals surface area contributed by atoms with Gasteiger partial charge in [-0.05, 0) is 27.2 Å². The van der Waals surface area contributed by atoms with Crippen LogP contribution < -0.4 is 5.32 Å². The molecule has 0 bridgehead atoms. The Bertz CT molecular complexity index is 383. The summed E-state index contributed by atoms with van der Waals surface area (Å²) >= 11 is 0. The quantitative estimate of drug-likeness (QED) is 0.566. The standard InChI is InChI=1S/C13H21NO6/c1-9(15)19-8-6-5-7-10(11(16)17)14-12(18)20-13(2,3)4/h5-6,10H,7-8H2,1-4H3,(H,14,18)(H,16,17). The molecule has 7 nitrogen and oxygen atoms in total. The second-order valence-electron chi connectivity index (χ2n) is 5.05. The molecule has 0 aromatic carbocycles. The van der Waals surface area contributed by atoms with Crippen LogP contribution in [0.25, 0.3) is 0 Å². The number of nitrogens with one attached hydrogen (secondary N) is 1. The maximum atomic E-state index is 11.5. The van der Waals surface area contributed by atoms with E-state index < -0.39 is 29.7 Å². The number of esters is 1. The molecule has 1 amide bonds. The predicted octanol–water partition coefficient (Wildman–Crippen LogP) is 1.47. The summed E-state index contributed by atoms with van der Waals surface area (Å²) < 4.78 is 9.62. The van der Waals surface area contributed by atoms with Crippen LogP contribution in [-0.2, 0) is 19.1 Å². The smallest absolute Gasteiger partial charge is 0.408 e. The number of amides is 1. The van der Waals surface area contributed by atoms with Crippen LogP contribution in [0.5, 0.6) is 0 Å². The van der Waals surface area contributed by atoms with Gasteiger partial charge in [0.15, 0.2) is 0 Å². The van der Waals surface area contributed by atoms with Gasteiger partial charge in [-0.15, -0.1) is 0 Å². The van der Waals surface area contributed by atoms with E-state index in [1.54, 1.807) is 20.8 Å². The number of aliphatic carboxylic acids is 1. The molecule has 0 spiro atoms. The molecule has 0 aliphatic heterocycles. The van der Waals surface area contributed by atoms with Crippen LogP contribution in [0.2, 0.25) is 0 Å². The SMILES string of the molecule is CC(=O)OCC=CCC(NC(=O)OC(C)(C)C)C(=O)O. The van der Waals surface area contributed by atoms with Crippen molar-refractivity contribution in [1.29, 1.82) is 0 Å². The maximum absolute atomic E-state index is 11.5. The van der Waals surface area contributed by atoms with Crippen molar-refractivity contribution in [2.24, 2.45) is 0 Å². The number of carboxylic acids is 1. The van der Waals surface area contributed by atoms with E-state index in [4.69, 9.17) is 9.84 Å². The Hall–Kier alpha value is -2.05. The Kier molecular flexibility index (Phi) is 7.35. The average molecular weight is 287 g/mol. The molecule has 0 saturated carbocycles. The number of carboxylic acid groups (broad SMARTS) is 1. The number of hydrogen-bond donors (Lipinski definition) is 2. The molecule has 0 aromatic heterocycles. The van der Waals surface area contributed by atoms with E-state index in [0.717, 1.165) is 0 Å². The Morgan fingerprint density at radius 3 is 2.30 bits per heavy atom. The van der Waals surface area contributed by atoms with Crippen molar-refractivity contribution in [2.75, 3.05) is 6.61 Å². The Morgan fingerprint density at radius 2 is 1.85 bits per heavy atom. The zero-order chi connectivity index (χ0) is 15.8. The van der Waals surface area contributed by atoms with Crippen molar-refractivity contribution in [3.63, 3.8) is 0 Å². The summed E-state index contributed by atoms with van der Waals surface area (Å²) in [6.07, 6.45) is 2.29. The number of carbonyl (C=O) groups excluding carboxylic acids is 2. The molecule has 0 aliphatic carbocycles. The zero-order valence-corrected chi connectivity index (χ0v) is 12.1. The van der Waals surface area contributed by atoms with Gasteiger partial charge in [-0.3, -0.25) is 4.79 Å². The first-order valence-electron chi connectivity index (χ1n) is 6.12. The van der Waals surface area contributed by atoms with E-state index in [2.05, 4.69) is 10.1 Å². The van der Waals surface area contributed by atoms with Crippen LogP contribution in [0.15, 0.2) is 12.2 Å². The summed E-state index contributed by atoms with van der Waals surface area (Å²) in [6.45, 7) is 6.39. The topological polar surface area (TPSA) is 102 Å². The maximum Gasteiger partial charge on any atom is 0.408 e. The Labute approximate surface area is 117 Å². The summed E-state index contributed by atoms with van der Waals surface area (Å²) in [5, 5.41) is 11.2. The summed E-state index contributed by atoms with van der Waals surface area (Å²) in [5.74, 6) is -1.59. The highest BCUT2D eigenvalue weighted by Crippen LogP contribution is 2.07. The summed E-state index contributed by atoms with van der Waals surface area (Å²) in [6, 6.07) is -1.10. The molecular weight excluding hydrogens is 266 g/mol. The van der Waals surface area contributed by atoms with Gasteiger partial charge < -0.3 is 19.9 Å². The minimum Gasteiger partial charge on any atom is -0.480 e. The molecule has 0 rings (SSSR count). The summed E-state index contributed by atoms with van der Waals surface area (Å²) in [7, 11) is 0. The van der Waals surface area contributed by atoms with Gasteiger partial charge in [-0.25, -0.2) is 9.59 Å². The number of ether oxygens (including phenoxy) is 2. The highest BCUT2D eigenvalue weighted by Gasteiger charge is 2.22. The van der Waals surface area contributed by atoms with Gasteiger partial charge in [0, 0.05) is 6.92 Å². The zero-order valence-electron chi connectivity index (χ0n) is 12.1. The molecule has 0 heterocycles. The second kappa shape index (κ2) is 8.19. The lowest BCUT2D eigenvalue weighted by Crippen LogP contribution is -2.43. The van der Waals surface area contributed by atoms with Crippen LogP contribution in [0.1, 0.15) is 34.1 Å². The third kappa shape index (κ3) is 9.93. The minimum absolute atomic E-state index is 0.0636. The molecular formula is C13H21NO6. The minimum atomic E-state index is -1.17. The van der Waals surface area contributed by atoms with Crippen molar-refractivity contribution < 1.29 is 29.0 Å². The van der Waals surface area contributed by atoms with Gasteiger partial charge in [-0.1, -0.05) is 12.2 Å². The van der Waals surface area contributed by atoms with Crippen LogP contribution in [-0.4, -0.2) is 41.4 Å². The van der Waals surface area contributed by atoms with Gasteiger partial charge in [0.05, 0.1) is 0 Å². The van der Waals surface area contributed by atoms with E-state index in [0.29, 0.717) is 0 Å². The van der Waals surface area contributed by atoms with Crippen molar-refractivity contribution >= 4 is 18.0 Å². The lowest BCUT2D eigenvalue weighted by molar-refractivity contribution is -0.140. The van der Waals surface area contributed by atoms with Crippen molar-refractivity contribution in [3.05, 3.63) is 12.2 Å². The fourth-order valence-corrected chi connectivity index (χ4v) is 1.14. The number of hydrogen-bond acceptors (Lipinski definition) is 5. The van der Waals surface area contributed by atoms with Gasteiger partial charge in [0.25, 0.3) is 0 Å². The van der Waals surface area contributed by atoms with Crippen LogP contribution >= 0.6 is 0 Å². The largest absolute Gasteiger partial charge is 0.480 e. The number of alkyl carbamates (subject to hydrolysis) is 1. The molecule has 1 atom stereocenters. The molecule has 1 unspecified atom stereocenters. The molecule has 0 radical (unpaired) electrons. The van der Waals surface area contributed by atoms with Crippen LogP contribution in [0.3, 0.4) is 0 Å². The third-order valence-electron chi connectivity index (χ3n) is 1.91. The Balaban J connectivity index is 4.27. The van der Waals surface area contributed by atoms with Crippen molar-refractivity contribution in [2.45, 2.75) is 45.8 Å². The molecule has 0 saturated heterocycles. The van der Waals surface area contributed by atoms with Crippen LogP contribution in [0.4, 0.5) is 4.79 Å². The molecule has 20 heavy (non-hydrogen) atoms. The molecule has 0 aliphatic rings. The first-order valence-corrected chi connectivity index (χ1v) is 6.12. The van der Waals surface area contributed by atoms with E-state index in [-0.39, 0.29) is 13.0 Å². The van der Waals surface area contributed by atoms with E-state index >= 15 is 0 Å². The predicted molar refractivity (Wildman–Crippen MR) is 71.2 cm³/mol. The van der Waals surface area contributed by atoms with Crippen LogP contribution in [0, 0.1) is 0 Å². The van der Waals surface area contributed by atoms with Crippen molar-refractivity contribution in [1.82, 2.24) is 5.32 Å². The molecule has 114 valence electrons. The summed E-state index contributed by atoms with van der Waals surface area (Å²) in [5.41, 5.74) is -0.696. The fourth-order valence-electron chi connectivity index (χ4n) is 1.14. The first kappa shape index (κ1) is 17.9. The van der Waals surface area contributed by atoms with Gasteiger partial charge in [0.2, 0.25) is 0 Å². The monoisotopic (exact) mass is 287 g/mol. The van der Waals surface area contributed by atoms with E-state index in [1.807, 2.05) is 0 Å². The molecule has 2 N–H and O–H groups in total. The van der Waals surface area contributed by atoms with E-state index in [1.165, 1.54) is 19.1 Å². The lowest BCUT2D eigenvalue weighted by atomic mass is 10.2. The van der Waals surface area contributed by atoms with Gasteiger partial charge in [0.1, 0.15) is 18.2 Å². The third-order valence-corrected chi connectivity index (χ3v) is 1.91. The average Bonchev–Trinajstić information content (AvgIpc) is 2.23. The fraction of sp³-hybridized carbons (Fsp3) is 0.615. The number of carbonyl (C=O) groups is 3. The Morgan fingerprint density at radius 1 is 1.25 bits per heavy atom. The molecule has 0 fully saturated rings. The van der Waals surface area contributed by atoms with Gasteiger partial charge >= 0.3 is 18.0 Å². The normalized spacial score (nSPS) is 12.8. The molecule has 0 aromatic rings. The second-order valence-corrected chi connectivity index (χ2v) is 5.05. The molecule has 7 heteroatoms. The summed E-state index contributed by atoms with van der Waals surface area (Å²) in [4.78, 5) is 32.9. The number of rotatable bonds is 6. The van der Waals surface area contributed by atoms with Gasteiger partial charge in [-0.2, -0.15) is 0 Å². The van der Waals surface area contributed by atoms with Crippen molar-refractivity contribution in [3.8, 4) is 0 Å². The lowest BCUT2D eigenvalue weighted by Gasteiger charge is -2.21. The first-order chi connectivity index (χ1) is 9.11. The highest BCUT2D eigenvalue weighted by atomic mass is 16.6. The highest BCUT2D eigenvalue weighted by molar-refractivity contribution is 5.80. The van der Waals surface area contributed by atoms with E-state index in [9.17, 15) is 14.4 Å².